The highest BCUT2D eigenvalue weighted by molar-refractivity contribution is 6.30. The average Bonchev–Trinajstić information content (AvgIpc) is 3.09. The fourth-order valence-electron chi connectivity index (χ4n) is 2.91. The van der Waals surface area contributed by atoms with Crippen LogP contribution in [0, 0.1) is 23.6 Å². The zero-order chi connectivity index (χ0) is 13.6. The first-order chi connectivity index (χ1) is 9.06. The minimum atomic E-state index is -0.797. The van der Waals surface area contributed by atoms with Gasteiger partial charge in [-0.2, -0.15) is 0 Å². The van der Waals surface area contributed by atoms with Gasteiger partial charge in [0.2, 0.25) is 0 Å². The fourth-order valence-corrected chi connectivity index (χ4v) is 3.05. The maximum absolute atomic E-state index is 13.8. The highest BCUT2D eigenvalue weighted by Crippen LogP contribution is 2.45. The molecule has 1 saturated carbocycles. The van der Waals surface area contributed by atoms with E-state index in [1.54, 1.807) is 4.90 Å². The minimum Gasteiger partial charge on any atom is -0.481 e. The highest BCUT2D eigenvalue weighted by atomic mass is 35.5. The SMILES string of the molecule is O=C(O)[C@@H]1CN(c2ncc(Cl)cc2F)C[C@H]1C1CC1. The van der Waals surface area contributed by atoms with Gasteiger partial charge < -0.3 is 10.0 Å². The third-order valence-electron chi connectivity index (χ3n) is 4.00. The number of hydrogen-bond donors (Lipinski definition) is 1. The van der Waals surface area contributed by atoms with Crippen LogP contribution in [0.25, 0.3) is 0 Å². The van der Waals surface area contributed by atoms with Crippen LogP contribution < -0.4 is 4.90 Å². The van der Waals surface area contributed by atoms with Crippen LogP contribution in [0.2, 0.25) is 5.02 Å². The number of nitrogens with zero attached hydrogens (tertiary/aromatic N) is 2. The van der Waals surface area contributed by atoms with Gasteiger partial charge in [-0.1, -0.05) is 11.6 Å². The van der Waals surface area contributed by atoms with Crippen molar-refractivity contribution < 1.29 is 14.3 Å². The molecule has 6 heteroatoms. The summed E-state index contributed by atoms with van der Waals surface area (Å²) in [5.74, 6) is -0.930. The Kier molecular flexibility index (Phi) is 3.09. The van der Waals surface area contributed by atoms with Crippen LogP contribution in [0.5, 0.6) is 0 Å². The molecule has 2 aliphatic rings. The number of carbonyl (C=O) groups is 1. The Bertz CT molecular complexity index is 521. The molecular weight excluding hydrogens is 271 g/mol. The summed E-state index contributed by atoms with van der Waals surface area (Å²) in [6, 6.07) is 1.21. The average molecular weight is 285 g/mol. The second-order valence-corrected chi connectivity index (χ2v) is 5.75. The van der Waals surface area contributed by atoms with Crippen molar-refractivity contribution in [2.45, 2.75) is 12.8 Å². The molecule has 0 spiro atoms. The van der Waals surface area contributed by atoms with Crippen LogP contribution in [0.15, 0.2) is 12.3 Å². The predicted molar refractivity (Wildman–Crippen MR) is 68.8 cm³/mol. The molecule has 4 nitrogen and oxygen atoms in total. The lowest BCUT2D eigenvalue weighted by atomic mass is 9.92. The number of anilines is 1. The molecule has 102 valence electrons. The number of rotatable bonds is 3. The van der Waals surface area contributed by atoms with Gasteiger partial charge in [-0.15, -0.1) is 0 Å². The van der Waals surface area contributed by atoms with Crippen molar-refractivity contribution in [3.8, 4) is 0 Å². The molecule has 1 aliphatic heterocycles. The number of carboxylic acid groups (broad SMARTS) is 1. The van der Waals surface area contributed by atoms with E-state index in [-0.39, 0.29) is 16.8 Å². The van der Waals surface area contributed by atoms with E-state index in [9.17, 15) is 14.3 Å². The molecule has 1 aromatic rings. The molecular formula is C13H14ClFN2O2. The molecule has 3 rings (SSSR count). The Morgan fingerprint density at radius 2 is 2.21 bits per heavy atom. The quantitative estimate of drug-likeness (QED) is 0.926. The molecule has 1 saturated heterocycles. The zero-order valence-corrected chi connectivity index (χ0v) is 11.0. The Hall–Kier alpha value is -1.36. The van der Waals surface area contributed by atoms with Crippen LogP contribution in [0.4, 0.5) is 10.2 Å². The van der Waals surface area contributed by atoms with Crippen molar-refractivity contribution in [2.24, 2.45) is 17.8 Å². The van der Waals surface area contributed by atoms with E-state index in [2.05, 4.69) is 4.98 Å². The number of halogens is 2. The molecule has 0 amide bonds. The van der Waals surface area contributed by atoms with Gasteiger partial charge in [-0.05, 0) is 30.7 Å². The Morgan fingerprint density at radius 3 is 2.79 bits per heavy atom. The topological polar surface area (TPSA) is 53.4 Å². The lowest BCUT2D eigenvalue weighted by Gasteiger charge is -2.17. The second-order valence-electron chi connectivity index (χ2n) is 5.31. The fraction of sp³-hybridized carbons (Fsp3) is 0.538. The summed E-state index contributed by atoms with van der Waals surface area (Å²) in [5, 5.41) is 9.52. The summed E-state index contributed by atoms with van der Waals surface area (Å²) in [7, 11) is 0. The lowest BCUT2D eigenvalue weighted by Crippen LogP contribution is -2.24. The standard InChI is InChI=1S/C13H14ClFN2O2/c14-8-3-11(15)12(16-4-8)17-5-9(7-1-2-7)10(6-17)13(18)19/h3-4,7,9-10H,1-2,5-6H2,(H,18,19)/t9-,10+/m0/s1. The van der Waals surface area contributed by atoms with Crippen molar-refractivity contribution in [2.75, 3.05) is 18.0 Å². The summed E-state index contributed by atoms with van der Waals surface area (Å²) in [5.41, 5.74) is 0. The van der Waals surface area contributed by atoms with E-state index in [1.807, 2.05) is 0 Å². The van der Waals surface area contributed by atoms with Crippen molar-refractivity contribution in [3.05, 3.63) is 23.1 Å². The maximum Gasteiger partial charge on any atom is 0.308 e. The number of hydrogen-bond acceptors (Lipinski definition) is 3. The van der Waals surface area contributed by atoms with Crippen molar-refractivity contribution >= 4 is 23.4 Å². The molecule has 2 atom stereocenters. The third kappa shape index (κ3) is 2.39. The van der Waals surface area contributed by atoms with Crippen LogP contribution >= 0.6 is 11.6 Å². The molecule has 0 aromatic carbocycles. The van der Waals surface area contributed by atoms with Crippen LogP contribution in [0.3, 0.4) is 0 Å². The van der Waals surface area contributed by atoms with Gasteiger partial charge in [0.25, 0.3) is 0 Å². The maximum atomic E-state index is 13.8. The van der Waals surface area contributed by atoms with E-state index in [0.717, 1.165) is 12.8 Å². The van der Waals surface area contributed by atoms with Crippen LogP contribution in [0.1, 0.15) is 12.8 Å². The second kappa shape index (κ2) is 4.63. The predicted octanol–water partition coefficient (Wildman–Crippen LogP) is 2.42. The van der Waals surface area contributed by atoms with Crippen LogP contribution in [-0.4, -0.2) is 29.1 Å². The van der Waals surface area contributed by atoms with E-state index in [4.69, 9.17) is 11.6 Å². The van der Waals surface area contributed by atoms with Crippen LogP contribution in [-0.2, 0) is 4.79 Å². The first-order valence-corrected chi connectivity index (χ1v) is 6.73. The van der Waals surface area contributed by atoms with Gasteiger partial charge in [0.15, 0.2) is 11.6 Å². The Morgan fingerprint density at radius 1 is 1.47 bits per heavy atom. The van der Waals surface area contributed by atoms with Crippen molar-refractivity contribution in [1.29, 1.82) is 0 Å². The van der Waals surface area contributed by atoms with Gasteiger partial charge in [0, 0.05) is 19.3 Å². The van der Waals surface area contributed by atoms with Gasteiger partial charge in [0.1, 0.15) is 0 Å². The summed E-state index contributed by atoms with van der Waals surface area (Å²) in [6.07, 6.45) is 3.55. The number of aliphatic carboxylic acids is 1. The largest absolute Gasteiger partial charge is 0.481 e. The molecule has 19 heavy (non-hydrogen) atoms. The molecule has 1 aromatic heterocycles. The normalized spacial score (nSPS) is 26.7. The van der Waals surface area contributed by atoms with E-state index in [1.165, 1.54) is 12.3 Å². The molecule has 0 unspecified atom stereocenters. The van der Waals surface area contributed by atoms with E-state index >= 15 is 0 Å². The smallest absolute Gasteiger partial charge is 0.308 e. The van der Waals surface area contributed by atoms with Crippen molar-refractivity contribution in [1.82, 2.24) is 4.98 Å². The monoisotopic (exact) mass is 284 g/mol. The third-order valence-corrected chi connectivity index (χ3v) is 4.20. The summed E-state index contributed by atoms with van der Waals surface area (Å²) >= 11 is 5.68. The summed E-state index contributed by atoms with van der Waals surface area (Å²) < 4.78 is 13.8. The summed E-state index contributed by atoms with van der Waals surface area (Å²) in [6.45, 7) is 0.884. The number of aromatic nitrogens is 1. The molecule has 0 bridgehead atoms. The lowest BCUT2D eigenvalue weighted by molar-refractivity contribution is -0.142. The highest BCUT2D eigenvalue weighted by Gasteiger charge is 2.46. The first-order valence-electron chi connectivity index (χ1n) is 6.35. The minimum absolute atomic E-state index is 0.106. The molecule has 1 aliphatic carbocycles. The van der Waals surface area contributed by atoms with Gasteiger partial charge in [0.05, 0.1) is 10.9 Å². The molecule has 1 N–H and O–H groups in total. The number of carboxylic acids is 1. The van der Waals surface area contributed by atoms with E-state index in [0.29, 0.717) is 19.0 Å². The van der Waals surface area contributed by atoms with Crippen molar-refractivity contribution in [3.63, 3.8) is 0 Å². The number of pyridine rings is 1. The van der Waals surface area contributed by atoms with Gasteiger partial charge >= 0.3 is 5.97 Å². The molecule has 0 radical (unpaired) electrons. The van der Waals surface area contributed by atoms with E-state index < -0.39 is 17.7 Å². The Labute approximate surface area is 115 Å². The molecule has 2 fully saturated rings. The first kappa shape index (κ1) is 12.7. The van der Waals surface area contributed by atoms with Gasteiger partial charge in [-0.3, -0.25) is 4.79 Å². The summed E-state index contributed by atoms with van der Waals surface area (Å²) in [4.78, 5) is 17.0. The zero-order valence-electron chi connectivity index (χ0n) is 10.2. The Balaban J connectivity index is 1.84. The van der Waals surface area contributed by atoms with Gasteiger partial charge in [-0.25, -0.2) is 9.37 Å². The molecule has 2 heterocycles.